The van der Waals surface area contributed by atoms with E-state index in [9.17, 15) is 4.79 Å². The van der Waals surface area contributed by atoms with Gasteiger partial charge in [0.25, 0.3) is 0 Å². The maximum Gasteiger partial charge on any atom is 0.345 e. The fourth-order valence-electron chi connectivity index (χ4n) is 4.45. The molecule has 156 valence electrons. The molecule has 5 rings (SSSR count). The van der Waals surface area contributed by atoms with Gasteiger partial charge in [0.2, 0.25) is 0 Å². The Bertz CT molecular complexity index is 1190. The summed E-state index contributed by atoms with van der Waals surface area (Å²) in [7, 11) is 0. The zero-order chi connectivity index (χ0) is 21.5. The highest BCUT2D eigenvalue weighted by Crippen LogP contribution is 2.50. The van der Waals surface area contributed by atoms with Crippen molar-refractivity contribution < 1.29 is 9.53 Å². The molecule has 31 heavy (non-hydrogen) atoms. The van der Waals surface area contributed by atoms with Gasteiger partial charge in [0, 0.05) is 21.7 Å². The quantitative estimate of drug-likeness (QED) is 0.242. The van der Waals surface area contributed by atoms with Gasteiger partial charge in [-0.05, 0) is 72.0 Å². The molecular weight excluding hydrogens is 453 g/mol. The number of carbonyl (C=O) groups excluding carboxylic acids is 1. The van der Waals surface area contributed by atoms with Gasteiger partial charge in [-0.15, -0.1) is 0 Å². The standard InChI is InChI=1S/C25H18Cl3NO2/c26-15-6-4-14(5-7-15)24-19-3-1-2-18(19)21-13-17(9-11-23(21)29-24)31-25(30)20-10-8-16(27)12-22(20)28/h1-2,4-13,18-19,24,29H,3H2/t18-,19+,24+/m1/s1. The molecule has 1 aliphatic carbocycles. The molecule has 1 N–H and O–H groups in total. The van der Waals surface area contributed by atoms with Crippen LogP contribution in [-0.2, 0) is 0 Å². The second kappa shape index (κ2) is 8.23. The fraction of sp³-hybridized carbons (Fsp3) is 0.160. The zero-order valence-electron chi connectivity index (χ0n) is 16.3. The summed E-state index contributed by atoms with van der Waals surface area (Å²) >= 11 is 18.1. The van der Waals surface area contributed by atoms with Gasteiger partial charge in [0.15, 0.2) is 0 Å². The molecule has 0 fully saturated rings. The van der Waals surface area contributed by atoms with E-state index in [1.165, 1.54) is 11.6 Å². The average molecular weight is 471 g/mol. The fourth-order valence-corrected chi connectivity index (χ4v) is 5.06. The summed E-state index contributed by atoms with van der Waals surface area (Å²) in [6.45, 7) is 0. The lowest BCUT2D eigenvalue weighted by Gasteiger charge is -2.37. The highest BCUT2D eigenvalue weighted by atomic mass is 35.5. The normalized spacial score (nSPS) is 21.2. The average Bonchev–Trinajstić information content (AvgIpc) is 3.24. The first-order chi connectivity index (χ1) is 15.0. The van der Waals surface area contributed by atoms with Crippen molar-refractivity contribution in [1.82, 2.24) is 0 Å². The van der Waals surface area contributed by atoms with Crippen LogP contribution in [0.25, 0.3) is 0 Å². The van der Waals surface area contributed by atoms with Crippen molar-refractivity contribution in [1.29, 1.82) is 0 Å². The molecule has 1 aliphatic heterocycles. The number of benzene rings is 3. The maximum atomic E-state index is 12.6. The van der Waals surface area contributed by atoms with E-state index >= 15 is 0 Å². The number of allylic oxidation sites excluding steroid dienone is 2. The molecule has 3 aromatic rings. The van der Waals surface area contributed by atoms with Crippen LogP contribution in [-0.4, -0.2) is 5.97 Å². The molecule has 1 heterocycles. The van der Waals surface area contributed by atoms with E-state index in [0.717, 1.165) is 22.7 Å². The van der Waals surface area contributed by atoms with Crippen LogP contribution in [0, 0.1) is 5.92 Å². The van der Waals surface area contributed by atoms with Crippen molar-refractivity contribution in [3.8, 4) is 5.75 Å². The van der Waals surface area contributed by atoms with Crippen LogP contribution in [0.2, 0.25) is 15.1 Å². The first kappa shape index (κ1) is 20.4. The topological polar surface area (TPSA) is 38.3 Å². The molecule has 0 bridgehead atoms. The molecule has 3 aromatic carbocycles. The number of anilines is 1. The van der Waals surface area contributed by atoms with E-state index in [1.807, 2.05) is 24.3 Å². The van der Waals surface area contributed by atoms with Gasteiger partial charge in [-0.3, -0.25) is 0 Å². The smallest absolute Gasteiger partial charge is 0.345 e. The third kappa shape index (κ3) is 3.94. The minimum absolute atomic E-state index is 0.186. The van der Waals surface area contributed by atoms with Crippen molar-refractivity contribution in [2.24, 2.45) is 5.92 Å². The van der Waals surface area contributed by atoms with Gasteiger partial charge in [-0.25, -0.2) is 4.79 Å². The molecule has 0 amide bonds. The summed E-state index contributed by atoms with van der Waals surface area (Å²) in [4.78, 5) is 12.6. The SMILES string of the molecule is O=C(Oc1ccc2c(c1)[C@@H]1C=CC[C@@H]1[C@H](c1ccc(Cl)cc1)N2)c1ccc(Cl)cc1Cl. The Labute approximate surface area is 195 Å². The number of hydrogen-bond acceptors (Lipinski definition) is 3. The lowest BCUT2D eigenvalue weighted by molar-refractivity contribution is 0.0735. The number of ether oxygens (including phenoxy) is 1. The number of nitrogens with one attached hydrogen (secondary N) is 1. The Hall–Kier alpha value is -2.46. The molecule has 0 radical (unpaired) electrons. The van der Waals surface area contributed by atoms with E-state index in [-0.39, 0.29) is 22.5 Å². The monoisotopic (exact) mass is 469 g/mol. The molecule has 0 saturated heterocycles. The number of fused-ring (bicyclic) bond motifs is 3. The zero-order valence-corrected chi connectivity index (χ0v) is 18.6. The minimum Gasteiger partial charge on any atom is -0.423 e. The molecule has 3 nitrogen and oxygen atoms in total. The number of carbonyl (C=O) groups is 1. The van der Waals surface area contributed by atoms with E-state index < -0.39 is 5.97 Å². The Morgan fingerprint density at radius 3 is 2.48 bits per heavy atom. The van der Waals surface area contributed by atoms with Gasteiger partial charge in [0.1, 0.15) is 5.75 Å². The van der Waals surface area contributed by atoms with Crippen LogP contribution in [0.4, 0.5) is 5.69 Å². The van der Waals surface area contributed by atoms with Crippen LogP contribution in [0.3, 0.4) is 0 Å². The number of rotatable bonds is 3. The van der Waals surface area contributed by atoms with E-state index in [0.29, 0.717) is 16.7 Å². The van der Waals surface area contributed by atoms with Crippen LogP contribution < -0.4 is 10.1 Å². The van der Waals surface area contributed by atoms with Crippen molar-refractivity contribution >= 4 is 46.5 Å². The van der Waals surface area contributed by atoms with Gasteiger partial charge >= 0.3 is 5.97 Å². The molecule has 0 aromatic heterocycles. The largest absolute Gasteiger partial charge is 0.423 e. The summed E-state index contributed by atoms with van der Waals surface area (Å²) in [6, 6.07) is 18.6. The van der Waals surface area contributed by atoms with Crippen LogP contribution in [0.1, 0.15) is 39.9 Å². The Morgan fingerprint density at radius 2 is 1.71 bits per heavy atom. The third-order valence-electron chi connectivity index (χ3n) is 5.92. The number of halogens is 3. The van der Waals surface area contributed by atoms with Gasteiger partial charge < -0.3 is 10.1 Å². The van der Waals surface area contributed by atoms with Crippen molar-refractivity contribution in [2.75, 3.05) is 5.32 Å². The first-order valence-corrected chi connectivity index (χ1v) is 11.1. The van der Waals surface area contributed by atoms with Gasteiger partial charge in [0.05, 0.1) is 16.6 Å². The Morgan fingerprint density at radius 1 is 0.935 bits per heavy atom. The molecular formula is C25H18Cl3NO2. The van der Waals surface area contributed by atoms with Gasteiger partial charge in [-0.2, -0.15) is 0 Å². The third-order valence-corrected chi connectivity index (χ3v) is 6.72. The van der Waals surface area contributed by atoms with Crippen LogP contribution >= 0.6 is 34.8 Å². The Balaban J connectivity index is 1.43. The summed E-state index contributed by atoms with van der Waals surface area (Å²) < 4.78 is 5.63. The summed E-state index contributed by atoms with van der Waals surface area (Å²) in [5.41, 5.74) is 3.65. The van der Waals surface area contributed by atoms with Crippen molar-refractivity contribution in [3.05, 3.63) is 105 Å². The van der Waals surface area contributed by atoms with Crippen LogP contribution in [0.15, 0.2) is 72.8 Å². The Kier molecular flexibility index (Phi) is 5.43. The van der Waals surface area contributed by atoms with Crippen molar-refractivity contribution in [3.63, 3.8) is 0 Å². The first-order valence-electron chi connectivity index (χ1n) is 9.99. The predicted octanol–water partition coefficient (Wildman–Crippen LogP) is 7.69. The highest BCUT2D eigenvalue weighted by molar-refractivity contribution is 6.36. The van der Waals surface area contributed by atoms with E-state index in [1.54, 1.807) is 18.2 Å². The van der Waals surface area contributed by atoms with E-state index in [2.05, 4.69) is 29.6 Å². The second-order valence-corrected chi connectivity index (χ2v) is 9.07. The molecule has 0 spiro atoms. The molecule has 2 aliphatic rings. The molecule has 6 heteroatoms. The predicted molar refractivity (Wildman–Crippen MR) is 126 cm³/mol. The van der Waals surface area contributed by atoms with Crippen LogP contribution in [0.5, 0.6) is 5.75 Å². The highest BCUT2D eigenvalue weighted by Gasteiger charge is 2.38. The lowest BCUT2D eigenvalue weighted by Crippen LogP contribution is -2.29. The maximum absolute atomic E-state index is 12.6. The number of esters is 1. The molecule has 3 atom stereocenters. The lowest BCUT2D eigenvalue weighted by atomic mass is 9.77. The summed E-state index contributed by atoms with van der Waals surface area (Å²) in [6.07, 6.45) is 5.45. The summed E-state index contributed by atoms with van der Waals surface area (Å²) in [5, 5.41) is 5.14. The van der Waals surface area contributed by atoms with Crippen molar-refractivity contribution in [2.45, 2.75) is 18.4 Å². The minimum atomic E-state index is -0.511. The molecule has 0 unspecified atom stereocenters. The number of hydrogen-bond donors (Lipinski definition) is 1. The summed E-state index contributed by atoms with van der Waals surface area (Å²) in [5.74, 6) is 0.600. The van der Waals surface area contributed by atoms with Gasteiger partial charge in [-0.1, -0.05) is 59.1 Å². The van der Waals surface area contributed by atoms with E-state index in [4.69, 9.17) is 39.5 Å². The molecule has 0 saturated carbocycles. The second-order valence-electron chi connectivity index (χ2n) is 7.79.